The van der Waals surface area contributed by atoms with Gasteiger partial charge in [-0.2, -0.15) is 5.10 Å². The van der Waals surface area contributed by atoms with Gasteiger partial charge in [0.1, 0.15) is 0 Å². The molecule has 0 aliphatic rings. The highest BCUT2D eigenvalue weighted by Crippen LogP contribution is 2.07. The second-order valence-electron chi connectivity index (χ2n) is 3.67. The Bertz CT molecular complexity index is 444. The monoisotopic (exact) mass is 190 g/mol. The van der Waals surface area contributed by atoms with E-state index in [1.54, 1.807) is 6.20 Å². The van der Waals surface area contributed by atoms with Crippen LogP contribution in [0, 0.1) is 6.92 Å². The van der Waals surface area contributed by atoms with Gasteiger partial charge in [0, 0.05) is 30.4 Å². The van der Waals surface area contributed by atoms with Crippen LogP contribution < -0.4 is 5.73 Å². The van der Waals surface area contributed by atoms with Gasteiger partial charge in [0.2, 0.25) is 0 Å². The third-order valence-electron chi connectivity index (χ3n) is 2.13. The van der Waals surface area contributed by atoms with Crippen molar-refractivity contribution in [2.24, 2.45) is 5.73 Å². The van der Waals surface area contributed by atoms with Gasteiger partial charge in [0.15, 0.2) is 5.65 Å². The van der Waals surface area contributed by atoms with Crippen LogP contribution in [0.15, 0.2) is 18.3 Å². The Balaban J connectivity index is 2.46. The molecule has 1 atom stereocenters. The molecule has 0 aromatic carbocycles. The van der Waals surface area contributed by atoms with E-state index in [0.717, 1.165) is 23.5 Å². The van der Waals surface area contributed by atoms with Gasteiger partial charge in [-0.15, -0.1) is 0 Å². The summed E-state index contributed by atoms with van der Waals surface area (Å²) >= 11 is 0. The molecular formula is C10H14N4. The number of hydrogen-bond acceptors (Lipinski definition) is 3. The van der Waals surface area contributed by atoms with Crippen molar-refractivity contribution in [1.29, 1.82) is 0 Å². The number of rotatable bonds is 2. The minimum atomic E-state index is 0.139. The summed E-state index contributed by atoms with van der Waals surface area (Å²) < 4.78 is 1.84. The standard InChI is InChI=1S/C10H14N4/c1-7(11)5-9-6-10-12-4-3-8(2)14(10)13-9/h3-4,6-7H,5,11H2,1-2H3. The second-order valence-corrected chi connectivity index (χ2v) is 3.67. The van der Waals surface area contributed by atoms with Gasteiger partial charge in [-0.25, -0.2) is 9.50 Å². The molecule has 0 fully saturated rings. The molecule has 0 saturated heterocycles. The van der Waals surface area contributed by atoms with Crippen LogP contribution in [0.25, 0.3) is 5.65 Å². The molecule has 74 valence electrons. The van der Waals surface area contributed by atoms with E-state index in [-0.39, 0.29) is 6.04 Å². The third-order valence-corrected chi connectivity index (χ3v) is 2.13. The number of aryl methyl sites for hydroxylation is 1. The molecule has 0 radical (unpaired) electrons. The van der Waals surface area contributed by atoms with Crippen molar-refractivity contribution in [3.63, 3.8) is 0 Å². The van der Waals surface area contributed by atoms with Gasteiger partial charge < -0.3 is 5.73 Å². The molecule has 0 amide bonds. The number of fused-ring (bicyclic) bond motifs is 1. The minimum Gasteiger partial charge on any atom is -0.328 e. The highest BCUT2D eigenvalue weighted by molar-refractivity contribution is 5.40. The van der Waals surface area contributed by atoms with Crippen LogP contribution in [-0.4, -0.2) is 20.6 Å². The van der Waals surface area contributed by atoms with E-state index in [2.05, 4.69) is 10.1 Å². The molecule has 0 saturated carbocycles. The van der Waals surface area contributed by atoms with Crippen molar-refractivity contribution in [2.75, 3.05) is 0 Å². The Morgan fingerprint density at radius 1 is 1.57 bits per heavy atom. The smallest absolute Gasteiger partial charge is 0.155 e. The lowest BCUT2D eigenvalue weighted by Gasteiger charge is -1.99. The van der Waals surface area contributed by atoms with E-state index >= 15 is 0 Å². The van der Waals surface area contributed by atoms with E-state index in [1.807, 2.05) is 30.5 Å². The Labute approximate surface area is 82.8 Å². The Kier molecular flexibility index (Phi) is 2.21. The molecule has 1 unspecified atom stereocenters. The third kappa shape index (κ3) is 1.61. The van der Waals surface area contributed by atoms with Gasteiger partial charge >= 0.3 is 0 Å². The normalized spacial score (nSPS) is 13.4. The average molecular weight is 190 g/mol. The highest BCUT2D eigenvalue weighted by Gasteiger charge is 2.05. The van der Waals surface area contributed by atoms with Crippen LogP contribution in [0.4, 0.5) is 0 Å². The maximum atomic E-state index is 5.71. The quantitative estimate of drug-likeness (QED) is 0.766. The summed E-state index contributed by atoms with van der Waals surface area (Å²) in [5, 5.41) is 4.43. The summed E-state index contributed by atoms with van der Waals surface area (Å²) in [6.07, 6.45) is 2.59. The molecule has 0 spiro atoms. The van der Waals surface area contributed by atoms with E-state index in [4.69, 9.17) is 5.73 Å². The van der Waals surface area contributed by atoms with Crippen LogP contribution >= 0.6 is 0 Å². The first-order chi connectivity index (χ1) is 6.66. The summed E-state index contributed by atoms with van der Waals surface area (Å²) in [6, 6.07) is 4.06. The van der Waals surface area contributed by atoms with Gasteiger partial charge in [-0.3, -0.25) is 0 Å². The molecule has 0 bridgehead atoms. The van der Waals surface area contributed by atoms with Crippen molar-refractivity contribution < 1.29 is 0 Å². The molecule has 0 aliphatic heterocycles. The Morgan fingerprint density at radius 2 is 2.36 bits per heavy atom. The van der Waals surface area contributed by atoms with Gasteiger partial charge in [-0.05, 0) is 19.9 Å². The molecule has 4 heteroatoms. The maximum Gasteiger partial charge on any atom is 0.155 e. The molecule has 2 heterocycles. The van der Waals surface area contributed by atoms with E-state index in [0.29, 0.717) is 0 Å². The minimum absolute atomic E-state index is 0.139. The van der Waals surface area contributed by atoms with E-state index in [9.17, 15) is 0 Å². The van der Waals surface area contributed by atoms with Gasteiger partial charge in [0.05, 0.1) is 5.69 Å². The van der Waals surface area contributed by atoms with Crippen LogP contribution in [0.5, 0.6) is 0 Å². The fourth-order valence-corrected chi connectivity index (χ4v) is 1.49. The zero-order valence-corrected chi connectivity index (χ0v) is 8.44. The molecule has 14 heavy (non-hydrogen) atoms. The lowest BCUT2D eigenvalue weighted by molar-refractivity contribution is 0.709. The summed E-state index contributed by atoms with van der Waals surface area (Å²) in [5.74, 6) is 0. The van der Waals surface area contributed by atoms with Crippen LogP contribution in [0.1, 0.15) is 18.3 Å². The summed E-state index contributed by atoms with van der Waals surface area (Å²) in [6.45, 7) is 3.99. The fraction of sp³-hybridized carbons (Fsp3) is 0.400. The average Bonchev–Trinajstić information content (AvgIpc) is 2.47. The molecule has 2 aromatic heterocycles. The molecule has 2 N–H and O–H groups in total. The van der Waals surface area contributed by atoms with Gasteiger partial charge in [-0.1, -0.05) is 0 Å². The zero-order valence-electron chi connectivity index (χ0n) is 8.44. The lowest BCUT2D eigenvalue weighted by atomic mass is 10.2. The van der Waals surface area contributed by atoms with Crippen molar-refractivity contribution in [2.45, 2.75) is 26.3 Å². The maximum absolute atomic E-state index is 5.71. The molecule has 4 nitrogen and oxygen atoms in total. The predicted octanol–water partition coefficient (Wildman–Crippen LogP) is 0.927. The zero-order chi connectivity index (χ0) is 10.1. The predicted molar refractivity (Wildman–Crippen MR) is 55.1 cm³/mol. The molecular weight excluding hydrogens is 176 g/mol. The first kappa shape index (κ1) is 9.15. The summed E-state index contributed by atoms with van der Waals surface area (Å²) in [7, 11) is 0. The fourth-order valence-electron chi connectivity index (χ4n) is 1.49. The lowest BCUT2D eigenvalue weighted by Crippen LogP contribution is -2.18. The van der Waals surface area contributed by atoms with E-state index in [1.165, 1.54) is 0 Å². The SMILES string of the molecule is Cc1ccnc2cc(CC(C)N)nn12. The number of aromatic nitrogens is 3. The molecule has 2 rings (SSSR count). The van der Waals surface area contributed by atoms with Crippen LogP contribution in [0.3, 0.4) is 0 Å². The Morgan fingerprint density at radius 3 is 3.00 bits per heavy atom. The van der Waals surface area contributed by atoms with Crippen LogP contribution in [-0.2, 0) is 6.42 Å². The van der Waals surface area contributed by atoms with Crippen molar-refractivity contribution in [1.82, 2.24) is 14.6 Å². The molecule has 2 aromatic rings. The topological polar surface area (TPSA) is 56.2 Å². The first-order valence-corrected chi connectivity index (χ1v) is 4.72. The van der Waals surface area contributed by atoms with Crippen LogP contribution in [0.2, 0.25) is 0 Å². The second kappa shape index (κ2) is 3.38. The largest absolute Gasteiger partial charge is 0.328 e. The Hall–Kier alpha value is -1.42. The van der Waals surface area contributed by atoms with Gasteiger partial charge in [0.25, 0.3) is 0 Å². The highest BCUT2D eigenvalue weighted by atomic mass is 15.3. The number of nitrogens with two attached hydrogens (primary N) is 1. The number of hydrogen-bond donors (Lipinski definition) is 1. The summed E-state index contributed by atoms with van der Waals surface area (Å²) in [4.78, 5) is 4.23. The molecule has 0 aliphatic carbocycles. The van der Waals surface area contributed by atoms with Crippen molar-refractivity contribution in [3.05, 3.63) is 29.7 Å². The summed E-state index contributed by atoms with van der Waals surface area (Å²) in [5.41, 5.74) is 8.69. The number of nitrogens with zero attached hydrogens (tertiary/aromatic N) is 3. The van der Waals surface area contributed by atoms with Crippen molar-refractivity contribution >= 4 is 5.65 Å². The first-order valence-electron chi connectivity index (χ1n) is 4.72. The van der Waals surface area contributed by atoms with Crippen molar-refractivity contribution in [3.8, 4) is 0 Å². The van der Waals surface area contributed by atoms with E-state index < -0.39 is 0 Å².